The van der Waals surface area contributed by atoms with Gasteiger partial charge in [0.05, 0.1) is 5.56 Å². The number of benzene rings is 1. The molecule has 1 fully saturated rings. The van der Waals surface area contributed by atoms with Crippen LogP contribution in [0.1, 0.15) is 24.2 Å². The second-order valence-electron chi connectivity index (χ2n) is 4.89. The minimum absolute atomic E-state index is 0.0527. The van der Waals surface area contributed by atoms with Crippen LogP contribution in [0.5, 0.6) is 5.75 Å². The van der Waals surface area contributed by atoms with E-state index in [0.717, 1.165) is 13.1 Å². The third kappa shape index (κ3) is 3.01. The molecule has 5 heteroatoms. The Labute approximate surface area is 118 Å². The molecule has 1 heterocycles. The quantitative estimate of drug-likeness (QED) is 0.904. The first kappa shape index (κ1) is 14.2. The Balaban J connectivity index is 2.12. The predicted molar refractivity (Wildman–Crippen MR) is 75.7 cm³/mol. The summed E-state index contributed by atoms with van der Waals surface area (Å²) in [5.41, 5.74) is 0.321. The standard InChI is InChI=1S/C14H19ClN2O2/c1-3-16-6-7-17(9-10(16)2)14(19)12-5-4-11(15)8-13(12)18/h4-5,8,10,18H,3,6-7,9H2,1-2H3. The minimum atomic E-state index is -0.128. The third-order valence-corrected chi connectivity index (χ3v) is 3.88. The molecule has 1 atom stereocenters. The maximum Gasteiger partial charge on any atom is 0.257 e. The molecule has 1 aliphatic rings. The number of halogens is 1. The molecule has 0 aliphatic carbocycles. The molecule has 1 N–H and O–H groups in total. The molecule has 104 valence electrons. The number of hydrogen-bond donors (Lipinski definition) is 1. The lowest BCUT2D eigenvalue weighted by molar-refractivity contribution is 0.0525. The number of aromatic hydroxyl groups is 1. The average molecular weight is 283 g/mol. The van der Waals surface area contributed by atoms with Gasteiger partial charge in [-0.15, -0.1) is 0 Å². The van der Waals surface area contributed by atoms with Crippen molar-refractivity contribution < 1.29 is 9.90 Å². The first-order valence-corrected chi connectivity index (χ1v) is 6.92. The number of nitrogens with zero attached hydrogens (tertiary/aromatic N) is 2. The Kier molecular flexibility index (Phi) is 4.32. The summed E-state index contributed by atoms with van der Waals surface area (Å²) >= 11 is 5.78. The number of amides is 1. The van der Waals surface area contributed by atoms with Crippen molar-refractivity contribution >= 4 is 17.5 Å². The summed E-state index contributed by atoms with van der Waals surface area (Å²) in [6, 6.07) is 4.95. The van der Waals surface area contributed by atoms with Crippen LogP contribution in [-0.4, -0.2) is 53.0 Å². The van der Waals surface area contributed by atoms with Crippen LogP contribution in [0.3, 0.4) is 0 Å². The van der Waals surface area contributed by atoms with Crippen molar-refractivity contribution in [2.75, 3.05) is 26.2 Å². The van der Waals surface area contributed by atoms with E-state index in [0.29, 0.717) is 29.7 Å². The third-order valence-electron chi connectivity index (χ3n) is 3.65. The van der Waals surface area contributed by atoms with E-state index < -0.39 is 0 Å². The van der Waals surface area contributed by atoms with Gasteiger partial charge in [-0.25, -0.2) is 0 Å². The lowest BCUT2D eigenvalue weighted by Crippen LogP contribution is -2.53. The van der Waals surface area contributed by atoms with E-state index in [1.165, 1.54) is 6.07 Å². The summed E-state index contributed by atoms with van der Waals surface area (Å²) in [5.74, 6) is -0.181. The van der Waals surface area contributed by atoms with Crippen molar-refractivity contribution in [1.82, 2.24) is 9.80 Å². The fourth-order valence-electron chi connectivity index (χ4n) is 2.51. The monoisotopic (exact) mass is 282 g/mol. The molecule has 0 bridgehead atoms. The van der Waals surface area contributed by atoms with E-state index in [2.05, 4.69) is 18.7 Å². The highest BCUT2D eigenvalue weighted by Gasteiger charge is 2.27. The van der Waals surface area contributed by atoms with Gasteiger partial charge in [0, 0.05) is 30.7 Å². The van der Waals surface area contributed by atoms with Crippen molar-refractivity contribution in [3.05, 3.63) is 28.8 Å². The van der Waals surface area contributed by atoms with Gasteiger partial charge in [-0.3, -0.25) is 9.69 Å². The maximum absolute atomic E-state index is 12.4. The van der Waals surface area contributed by atoms with Crippen molar-refractivity contribution in [3.63, 3.8) is 0 Å². The van der Waals surface area contributed by atoms with E-state index in [9.17, 15) is 9.90 Å². The zero-order valence-electron chi connectivity index (χ0n) is 11.3. The number of hydrogen-bond acceptors (Lipinski definition) is 3. The summed E-state index contributed by atoms with van der Waals surface area (Å²) < 4.78 is 0. The number of phenols is 1. The van der Waals surface area contributed by atoms with Gasteiger partial charge in [-0.2, -0.15) is 0 Å². The van der Waals surface area contributed by atoms with E-state index in [1.54, 1.807) is 17.0 Å². The van der Waals surface area contributed by atoms with Crippen LogP contribution < -0.4 is 0 Å². The summed E-state index contributed by atoms with van der Waals surface area (Å²) in [7, 11) is 0. The summed E-state index contributed by atoms with van der Waals surface area (Å²) in [4.78, 5) is 16.5. The van der Waals surface area contributed by atoms with Crippen LogP contribution >= 0.6 is 11.6 Å². The number of carbonyl (C=O) groups excluding carboxylic acids is 1. The highest BCUT2D eigenvalue weighted by molar-refractivity contribution is 6.30. The molecule has 0 saturated carbocycles. The number of likely N-dealkylation sites (N-methyl/N-ethyl adjacent to an activating group) is 1. The first-order valence-electron chi connectivity index (χ1n) is 6.54. The second-order valence-corrected chi connectivity index (χ2v) is 5.33. The molecular formula is C14H19ClN2O2. The molecule has 0 radical (unpaired) electrons. The highest BCUT2D eigenvalue weighted by atomic mass is 35.5. The van der Waals surface area contributed by atoms with Crippen LogP contribution in [0.15, 0.2) is 18.2 Å². The van der Waals surface area contributed by atoms with Crippen LogP contribution in [0, 0.1) is 0 Å². The summed E-state index contributed by atoms with van der Waals surface area (Å²) in [5, 5.41) is 10.2. The SMILES string of the molecule is CCN1CCN(C(=O)c2ccc(Cl)cc2O)CC1C. The molecular weight excluding hydrogens is 264 g/mol. The second kappa shape index (κ2) is 5.80. The van der Waals surface area contributed by atoms with E-state index >= 15 is 0 Å². The smallest absolute Gasteiger partial charge is 0.257 e. The molecule has 1 aromatic carbocycles. The van der Waals surface area contributed by atoms with Gasteiger partial charge in [0.1, 0.15) is 5.75 Å². The molecule has 0 aromatic heterocycles. The molecule has 1 amide bonds. The minimum Gasteiger partial charge on any atom is -0.507 e. The lowest BCUT2D eigenvalue weighted by atomic mass is 10.1. The molecule has 4 nitrogen and oxygen atoms in total. The molecule has 0 spiro atoms. The normalized spacial score (nSPS) is 20.6. The molecule has 1 unspecified atom stereocenters. The number of rotatable bonds is 2. The van der Waals surface area contributed by atoms with Crippen LogP contribution in [0.2, 0.25) is 5.02 Å². The topological polar surface area (TPSA) is 43.8 Å². The maximum atomic E-state index is 12.4. The summed E-state index contributed by atoms with van der Waals surface area (Å²) in [6.07, 6.45) is 0. The molecule has 1 saturated heterocycles. The number of phenolic OH excluding ortho intramolecular Hbond substituents is 1. The van der Waals surface area contributed by atoms with Crippen LogP contribution in [0.25, 0.3) is 0 Å². The molecule has 1 aliphatic heterocycles. The van der Waals surface area contributed by atoms with E-state index in [4.69, 9.17) is 11.6 Å². The van der Waals surface area contributed by atoms with Gasteiger partial charge in [0.25, 0.3) is 5.91 Å². The molecule has 2 rings (SSSR count). The van der Waals surface area contributed by atoms with Crippen LogP contribution in [0.4, 0.5) is 0 Å². The Bertz CT molecular complexity index is 479. The number of carbonyl (C=O) groups is 1. The van der Waals surface area contributed by atoms with Crippen molar-refractivity contribution in [1.29, 1.82) is 0 Å². The van der Waals surface area contributed by atoms with Crippen LogP contribution in [-0.2, 0) is 0 Å². The lowest BCUT2D eigenvalue weighted by Gasteiger charge is -2.39. The summed E-state index contributed by atoms with van der Waals surface area (Å²) in [6.45, 7) is 7.49. The Hall–Kier alpha value is -1.26. The average Bonchev–Trinajstić information content (AvgIpc) is 2.38. The zero-order valence-corrected chi connectivity index (χ0v) is 12.0. The van der Waals surface area contributed by atoms with Gasteiger partial charge in [-0.1, -0.05) is 18.5 Å². The first-order chi connectivity index (χ1) is 9.02. The number of piperazine rings is 1. The van der Waals surface area contributed by atoms with Crippen molar-refractivity contribution in [2.45, 2.75) is 19.9 Å². The largest absolute Gasteiger partial charge is 0.507 e. The van der Waals surface area contributed by atoms with Gasteiger partial charge in [0.2, 0.25) is 0 Å². The van der Waals surface area contributed by atoms with Gasteiger partial charge < -0.3 is 10.0 Å². The molecule has 19 heavy (non-hydrogen) atoms. The zero-order chi connectivity index (χ0) is 14.0. The Morgan fingerprint density at radius 2 is 2.21 bits per heavy atom. The van der Waals surface area contributed by atoms with E-state index in [-0.39, 0.29) is 11.7 Å². The van der Waals surface area contributed by atoms with Gasteiger partial charge in [0.15, 0.2) is 0 Å². The Morgan fingerprint density at radius 3 is 2.79 bits per heavy atom. The molecule has 1 aromatic rings. The highest BCUT2D eigenvalue weighted by Crippen LogP contribution is 2.24. The van der Waals surface area contributed by atoms with Crippen molar-refractivity contribution in [2.24, 2.45) is 0 Å². The fraction of sp³-hybridized carbons (Fsp3) is 0.500. The van der Waals surface area contributed by atoms with Gasteiger partial charge in [-0.05, 0) is 31.7 Å². The van der Waals surface area contributed by atoms with E-state index in [1.807, 2.05) is 0 Å². The van der Waals surface area contributed by atoms with Crippen molar-refractivity contribution in [3.8, 4) is 5.75 Å². The predicted octanol–water partition coefficient (Wildman–Crippen LogP) is 2.21. The van der Waals surface area contributed by atoms with Gasteiger partial charge >= 0.3 is 0 Å². The fourth-order valence-corrected chi connectivity index (χ4v) is 2.67. The Morgan fingerprint density at radius 1 is 1.47 bits per heavy atom.